The van der Waals surface area contributed by atoms with E-state index in [0.717, 1.165) is 10.5 Å². The third kappa shape index (κ3) is 5.49. The van der Waals surface area contributed by atoms with Crippen LogP contribution in [0.3, 0.4) is 0 Å². The molecule has 0 saturated carbocycles. The van der Waals surface area contributed by atoms with Crippen LogP contribution >= 0.6 is 11.8 Å². The molecule has 1 amide bonds. The van der Waals surface area contributed by atoms with Crippen LogP contribution in [0, 0.1) is 11.3 Å². The number of para-hydroxylation sites is 1. The Morgan fingerprint density at radius 2 is 1.53 bits per heavy atom. The molecule has 1 N–H and O–H groups in total. The third-order valence-electron chi connectivity index (χ3n) is 4.28. The van der Waals surface area contributed by atoms with Crippen molar-refractivity contribution in [2.45, 2.75) is 23.2 Å². The first kappa shape index (κ1) is 21.2. The lowest BCUT2D eigenvalue weighted by atomic mass is 10.1. The van der Waals surface area contributed by atoms with Crippen molar-refractivity contribution in [3.05, 3.63) is 96.1 Å². The standard InChI is InChI=1S/C24H20N2O3S/c1-17(23(27)26-21-15-9-8-12-19(21)16-25)29-24(28)22(18-10-4-2-5-11-18)30-20-13-6-3-7-14-20/h2-15,17,22H,1H3,(H,26,27)/t17-,22-/m0/s1. The smallest absolute Gasteiger partial charge is 0.324 e. The first-order chi connectivity index (χ1) is 14.6. The number of rotatable bonds is 7. The fourth-order valence-electron chi connectivity index (χ4n) is 2.73. The van der Waals surface area contributed by atoms with E-state index in [2.05, 4.69) is 5.32 Å². The molecule has 6 heteroatoms. The second-order valence-electron chi connectivity index (χ2n) is 6.45. The summed E-state index contributed by atoms with van der Waals surface area (Å²) in [6.07, 6.45) is -1.02. The van der Waals surface area contributed by atoms with Crippen molar-refractivity contribution in [2.75, 3.05) is 5.32 Å². The molecule has 150 valence electrons. The molecule has 0 aliphatic rings. The van der Waals surface area contributed by atoms with Crippen LogP contribution in [0.15, 0.2) is 89.8 Å². The van der Waals surface area contributed by atoms with Gasteiger partial charge in [-0.3, -0.25) is 9.59 Å². The molecule has 0 saturated heterocycles. The van der Waals surface area contributed by atoms with Crippen LogP contribution in [0.5, 0.6) is 0 Å². The van der Waals surface area contributed by atoms with E-state index in [1.54, 1.807) is 24.3 Å². The zero-order valence-corrected chi connectivity index (χ0v) is 17.1. The van der Waals surface area contributed by atoms with Crippen molar-refractivity contribution in [3.63, 3.8) is 0 Å². The Hall–Kier alpha value is -3.56. The number of anilines is 1. The van der Waals surface area contributed by atoms with Gasteiger partial charge >= 0.3 is 5.97 Å². The molecule has 0 spiro atoms. The van der Waals surface area contributed by atoms with Crippen molar-refractivity contribution in [3.8, 4) is 6.07 Å². The van der Waals surface area contributed by atoms with Crippen LogP contribution < -0.4 is 5.32 Å². The molecule has 0 aromatic heterocycles. The van der Waals surface area contributed by atoms with Gasteiger partial charge < -0.3 is 10.1 Å². The van der Waals surface area contributed by atoms with Crippen LogP contribution in [0.25, 0.3) is 0 Å². The summed E-state index contributed by atoms with van der Waals surface area (Å²) in [6, 6.07) is 27.5. The molecule has 3 rings (SSSR count). The van der Waals surface area contributed by atoms with Gasteiger partial charge in [0.25, 0.3) is 5.91 Å². The Morgan fingerprint density at radius 1 is 0.933 bits per heavy atom. The Kier molecular flexibility index (Phi) is 7.25. The molecule has 0 heterocycles. The number of carbonyl (C=O) groups excluding carboxylic acids is 2. The molecular weight excluding hydrogens is 396 g/mol. The summed E-state index contributed by atoms with van der Waals surface area (Å²) >= 11 is 1.36. The lowest BCUT2D eigenvalue weighted by Gasteiger charge is -2.19. The van der Waals surface area contributed by atoms with E-state index in [-0.39, 0.29) is 0 Å². The topological polar surface area (TPSA) is 79.2 Å². The number of hydrogen-bond acceptors (Lipinski definition) is 5. The van der Waals surface area contributed by atoms with Crippen LogP contribution in [0.2, 0.25) is 0 Å². The SMILES string of the molecule is C[C@H](OC(=O)[C@@H](Sc1ccccc1)c1ccccc1)C(=O)Nc1ccccc1C#N. The summed E-state index contributed by atoms with van der Waals surface area (Å²) in [5.41, 5.74) is 1.51. The van der Waals surface area contributed by atoms with Crippen molar-refractivity contribution in [2.24, 2.45) is 0 Å². The first-order valence-corrected chi connectivity index (χ1v) is 10.2. The quantitative estimate of drug-likeness (QED) is 0.435. The van der Waals surface area contributed by atoms with Crippen molar-refractivity contribution in [1.82, 2.24) is 0 Å². The number of nitriles is 1. The molecule has 30 heavy (non-hydrogen) atoms. The zero-order chi connectivity index (χ0) is 21.3. The maximum atomic E-state index is 13.0. The van der Waals surface area contributed by atoms with Gasteiger partial charge in [-0.15, -0.1) is 11.8 Å². The number of carbonyl (C=O) groups is 2. The molecule has 0 unspecified atom stereocenters. The van der Waals surface area contributed by atoms with E-state index in [4.69, 9.17) is 10.00 Å². The number of hydrogen-bond donors (Lipinski definition) is 1. The summed E-state index contributed by atoms with van der Waals surface area (Å²) < 4.78 is 5.49. The van der Waals surface area contributed by atoms with E-state index in [1.807, 2.05) is 66.7 Å². The predicted octanol–water partition coefficient (Wildman–Crippen LogP) is 4.96. The van der Waals surface area contributed by atoms with E-state index >= 15 is 0 Å². The number of ether oxygens (including phenoxy) is 1. The van der Waals surface area contributed by atoms with Crippen molar-refractivity contribution in [1.29, 1.82) is 5.26 Å². The lowest BCUT2D eigenvalue weighted by molar-refractivity contribution is -0.152. The van der Waals surface area contributed by atoms with E-state index in [0.29, 0.717) is 11.3 Å². The molecule has 0 aliphatic carbocycles. The normalized spacial score (nSPS) is 12.3. The molecule has 2 atom stereocenters. The van der Waals surface area contributed by atoms with Gasteiger partial charge in [0.1, 0.15) is 11.3 Å². The highest BCUT2D eigenvalue weighted by Gasteiger charge is 2.27. The number of thioether (sulfide) groups is 1. The van der Waals surface area contributed by atoms with Gasteiger partial charge in [0.05, 0.1) is 11.3 Å². The Balaban J connectivity index is 1.73. The minimum Gasteiger partial charge on any atom is -0.451 e. The van der Waals surface area contributed by atoms with Crippen LogP contribution in [-0.2, 0) is 14.3 Å². The highest BCUT2D eigenvalue weighted by atomic mass is 32.2. The van der Waals surface area contributed by atoms with Gasteiger partial charge in [-0.25, -0.2) is 0 Å². The molecule has 0 radical (unpaired) electrons. The van der Waals surface area contributed by atoms with Gasteiger partial charge in [-0.1, -0.05) is 60.7 Å². The van der Waals surface area contributed by atoms with E-state index in [1.165, 1.54) is 18.7 Å². The minimum absolute atomic E-state index is 0.339. The van der Waals surface area contributed by atoms with Gasteiger partial charge in [0.15, 0.2) is 6.10 Å². The second kappa shape index (κ2) is 10.3. The number of nitrogens with zero attached hydrogens (tertiary/aromatic N) is 1. The van der Waals surface area contributed by atoms with Crippen LogP contribution in [-0.4, -0.2) is 18.0 Å². The monoisotopic (exact) mass is 416 g/mol. The average Bonchev–Trinajstić information content (AvgIpc) is 2.79. The maximum Gasteiger partial charge on any atom is 0.324 e. The first-order valence-electron chi connectivity index (χ1n) is 9.35. The van der Waals surface area contributed by atoms with Gasteiger partial charge in [-0.05, 0) is 36.8 Å². The highest BCUT2D eigenvalue weighted by Crippen LogP contribution is 2.36. The summed E-state index contributed by atoms with van der Waals surface area (Å²) in [6.45, 7) is 1.51. The highest BCUT2D eigenvalue weighted by molar-refractivity contribution is 8.00. The maximum absolute atomic E-state index is 13.0. The molecule has 0 fully saturated rings. The fourth-order valence-corrected chi connectivity index (χ4v) is 3.76. The summed E-state index contributed by atoms with van der Waals surface area (Å²) in [5.74, 6) is -1.01. The average molecular weight is 417 g/mol. The summed E-state index contributed by atoms with van der Waals surface area (Å²) in [5, 5.41) is 11.2. The molecule has 0 bridgehead atoms. The lowest BCUT2D eigenvalue weighted by Crippen LogP contribution is -2.31. The van der Waals surface area contributed by atoms with Gasteiger partial charge in [-0.2, -0.15) is 5.26 Å². The molecule has 3 aromatic rings. The molecular formula is C24H20N2O3S. The summed E-state index contributed by atoms with van der Waals surface area (Å²) in [7, 11) is 0. The van der Waals surface area contributed by atoms with Gasteiger partial charge in [0.2, 0.25) is 0 Å². The van der Waals surface area contributed by atoms with Crippen molar-refractivity contribution >= 4 is 29.3 Å². The number of esters is 1. The van der Waals surface area contributed by atoms with E-state index < -0.39 is 23.2 Å². The number of nitrogens with one attached hydrogen (secondary N) is 1. The zero-order valence-electron chi connectivity index (χ0n) is 16.3. The Bertz CT molecular complexity index is 1050. The Labute approximate surface area is 179 Å². The molecule has 5 nitrogen and oxygen atoms in total. The largest absolute Gasteiger partial charge is 0.451 e. The van der Waals surface area contributed by atoms with Crippen LogP contribution in [0.1, 0.15) is 23.3 Å². The van der Waals surface area contributed by atoms with Gasteiger partial charge in [0, 0.05) is 4.90 Å². The van der Waals surface area contributed by atoms with Crippen molar-refractivity contribution < 1.29 is 14.3 Å². The van der Waals surface area contributed by atoms with E-state index in [9.17, 15) is 9.59 Å². The Morgan fingerprint density at radius 3 is 2.20 bits per heavy atom. The molecule has 0 aliphatic heterocycles. The second-order valence-corrected chi connectivity index (χ2v) is 7.63. The van der Waals surface area contributed by atoms with Crippen LogP contribution in [0.4, 0.5) is 5.69 Å². The minimum atomic E-state index is -1.02. The summed E-state index contributed by atoms with van der Waals surface area (Å²) in [4.78, 5) is 26.4. The fraction of sp³-hybridized carbons (Fsp3) is 0.125. The third-order valence-corrected chi connectivity index (χ3v) is 5.53. The number of benzene rings is 3. The predicted molar refractivity (Wildman–Crippen MR) is 117 cm³/mol. The number of amides is 1. The molecule has 3 aromatic carbocycles.